The van der Waals surface area contributed by atoms with Crippen LogP contribution in [-0.2, 0) is 9.47 Å². The number of hydrogen-bond acceptors (Lipinski definition) is 3. The van der Waals surface area contributed by atoms with Gasteiger partial charge in [-0.25, -0.2) is 0 Å². The maximum Gasteiger partial charge on any atom is 0.0724 e. The summed E-state index contributed by atoms with van der Waals surface area (Å²) in [7, 11) is 1.83. The molecule has 0 saturated heterocycles. The van der Waals surface area contributed by atoms with E-state index in [9.17, 15) is 0 Å². The van der Waals surface area contributed by atoms with Crippen molar-refractivity contribution in [3.8, 4) is 0 Å². The van der Waals surface area contributed by atoms with Gasteiger partial charge in [0.15, 0.2) is 0 Å². The summed E-state index contributed by atoms with van der Waals surface area (Å²) < 4.78 is 11.1. The molecule has 2 atom stereocenters. The molecular formula is C14H29NO2. The van der Waals surface area contributed by atoms with Gasteiger partial charge in [0.25, 0.3) is 0 Å². The highest BCUT2D eigenvalue weighted by Crippen LogP contribution is 2.20. The highest BCUT2D eigenvalue weighted by molar-refractivity contribution is 4.81. The predicted molar refractivity (Wildman–Crippen MR) is 71.4 cm³/mol. The Hall–Kier alpha value is -0.120. The summed E-state index contributed by atoms with van der Waals surface area (Å²) in [6.07, 6.45) is 9.05. The van der Waals surface area contributed by atoms with Gasteiger partial charge in [-0.05, 0) is 32.2 Å². The molecule has 0 heterocycles. The molecule has 0 spiro atoms. The first-order valence-electron chi connectivity index (χ1n) is 7.22. The first kappa shape index (κ1) is 14.9. The number of methoxy groups -OCH3 is 1. The van der Waals surface area contributed by atoms with Crippen LogP contribution in [0.4, 0.5) is 0 Å². The molecule has 0 aromatic heterocycles. The van der Waals surface area contributed by atoms with Crippen molar-refractivity contribution in [2.45, 2.75) is 64.0 Å². The number of rotatable bonds is 9. The quantitative estimate of drug-likeness (QED) is 0.632. The number of hydrogen-bond donors (Lipinski definition) is 1. The van der Waals surface area contributed by atoms with E-state index in [0.29, 0.717) is 12.1 Å². The van der Waals surface area contributed by atoms with Gasteiger partial charge in [0.05, 0.1) is 6.10 Å². The SMILES string of the molecule is CCCCOCCCNC1CCCCC1OC. The molecule has 0 aromatic carbocycles. The fourth-order valence-electron chi connectivity index (χ4n) is 2.42. The first-order chi connectivity index (χ1) is 8.38. The number of ether oxygens (including phenoxy) is 2. The third kappa shape index (κ3) is 6.39. The van der Waals surface area contributed by atoms with Crippen LogP contribution in [0.5, 0.6) is 0 Å². The lowest BCUT2D eigenvalue weighted by molar-refractivity contribution is 0.0406. The monoisotopic (exact) mass is 243 g/mol. The van der Waals surface area contributed by atoms with Gasteiger partial charge in [-0.3, -0.25) is 0 Å². The average molecular weight is 243 g/mol. The van der Waals surface area contributed by atoms with E-state index >= 15 is 0 Å². The maximum absolute atomic E-state index is 5.55. The molecule has 3 nitrogen and oxygen atoms in total. The Bertz CT molecular complexity index is 176. The van der Waals surface area contributed by atoms with Crippen molar-refractivity contribution in [2.75, 3.05) is 26.9 Å². The molecule has 1 aliphatic carbocycles. The topological polar surface area (TPSA) is 30.5 Å². The van der Waals surface area contributed by atoms with Crippen LogP contribution < -0.4 is 5.32 Å². The van der Waals surface area contributed by atoms with Crippen LogP contribution in [0, 0.1) is 0 Å². The summed E-state index contributed by atoms with van der Waals surface area (Å²) in [6, 6.07) is 0.560. The van der Waals surface area contributed by atoms with Gasteiger partial charge in [-0.15, -0.1) is 0 Å². The fourth-order valence-corrected chi connectivity index (χ4v) is 2.42. The Balaban J connectivity index is 1.97. The van der Waals surface area contributed by atoms with Crippen LogP contribution in [0.15, 0.2) is 0 Å². The number of unbranched alkanes of at least 4 members (excludes halogenated alkanes) is 1. The number of nitrogens with one attached hydrogen (secondary N) is 1. The van der Waals surface area contributed by atoms with E-state index in [4.69, 9.17) is 9.47 Å². The summed E-state index contributed by atoms with van der Waals surface area (Å²) in [4.78, 5) is 0. The molecule has 0 aromatic rings. The summed E-state index contributed by atoms with van der Waals surface area (Å²) >= 11 is 0. The van der Waals surface area contributed by atoms with Crippen LogP contribution in [-0.4, -0.2) is 39.0 Å². The van der Waals surface area contributed by atoms with E-state index < -0.39 is 0 Å². The third-order valence-electron chi connectivity index (χ3n) is 3.52. The largest absolute Gasteiger partial charge is 0.381 e. The molecule has 3 heteroatoms. The summed E-state index contributed by atoms with van der Waals surface area (Å²) in [5, 5.41) is 3.61. The van der Waals surface area contributed by atoms with Crippen molar-refractivity contribution >= 4 is 0 Å². The van der Waals surface area contributed by atoms with Crippen molar-refractivity contribution < 1.29 is 9.47 Å². The Morgan fingerprint density at radius 3 is 2.65 bits per heavy atom. The van der Waals surface area contributed by atoms with Crippen molar-refractivity contribution in [1.82, 2.24) is 5.32 Å². The van der Waals surface area contributed by atoms with E-state index in [1.165, 1.54) is 38.5 Å². The second-order valence-electron chi connectivity index (χ2n) is 4.94. The van der Waals surface area contributed by atoms with Crippen LogP contribution in [0.25, 0.3) is 0 Å². The molecule has 17 heavy (non-hydrogen) atoms. The first-order valence-corrected chi connectivity index (χ1v) is 7.22. The summed E-state index contributed by atoms with van der Waals surface area (Å²) in [5.74, 6) is 0. The molecule has 102 valence electrons. The molecule has 0 aliphatic heterocycles. The van der Waals surface area contributed by atoms with Crippen LogP contribution in [0.1, 0.15) is 51.9 Å². The molecule has 0 radical (unpaired) electrons. The normalized spacial score (nSPS) is 25.1. The van der Waals surface area contributed by atoms with E-state index in [0.717, 1.165) is 26.2 Å². The van der Waals surface area contributed by atoms with Gasteiger partial charge >= 0.3 is 0 Å². The molecule has 2 unspecified atom stereocenters. The Kier molecular flexibility index (Phi) is 8.67. The van der Waals surface area contributed by atoms with Crippen molar-refractivity contribution in [3.63, 3.8) is 0 Å². The van der Waals surface area contributed by atoms with E-state index in [-0.39, 0.29) is 0 Å². The van der Waals surface area contributed by atoms with Crippen LogP contribution in [0.2, 0.25) is 0 Å². The lowest BCUT2D eigenvalue weighted by atomic mass is 9.92. The summed E-state index contributed by atoms with van der Waals surface area (Å²) in [6.45, 7) is 5.05. The summed E-state index contributed by atoms with van der Waals surface area (Å²) in [5.41, 5.74) is 0. The molecule has 1 saturated carbocycles. The Labute approximate surface area is 106 Å². The average Bonchev–Trinajstić information content (AvgIpc) is 2.38. The maximum atomic E-state index is 5.55. The minimum absolute atomic E-state index is 0.421. The lowest BCUT2D eigenvalue weighted by Gasteiger charge is -2.31. The molecule has 0 amide bonds. The van der Waals surface area contributed by atoms with E-state index in [2.05, 4.69) is 12.2 Å². The highest BCUT2D eigenvalue weighted by atomic mass is 16.5. The van der Waals surface area contributed by atoms with Crippen LogP contribution in [0.3, 0.4) is 0 Å². The Morgan fingerprint density at radius 2 is 1.88 bits per heavy atom. The highest BCUT2D eigenvalue weighted by Gasteiger charge is 2.23. The van der Waals surface area contributed by atoms with E-state index in [1.54, 1.807) is 0 Å². The molecule has 1 fully saturated rings. The molecule has 1 rings (SSSR count). The predicted octanol–water partition coefficient (Wildman–Crippen LogP) is 2.74. The smallest absolute Gasteiger partial charge is 0.0724 e. The lowest BCUT2D eigenvalue weighted by Crippen LogP contribution is -2.43. The molecule has 1 N–H and O–H groups in total. The van der Waals surface area contributed by atoms with Gasteiger partial charge in [0.2, 0.25) is 0 Å². The standard InChI is InChI=1S/C14H29NO2/c1-3-4-11-17-12-7-10-15-13-8-5-6-9-14(13)16-2/h13-15H,3-12H2,1-2H3. The van der Waals surface area contributed by atoms with Crippen molar-refractivity contribution in [1.29, 1.82) is 0 Å². The molecule has 0 bridgehead atoms. The zero-order valence-electron chi connectivity index (χ0n) is 11.5. The minimum Gasteiger partial charge on any atom is -0.381 e. The van der Waals surface area contributed by atoms with Gasteiger partial charge in [-0.2, -0.15) is 0 Å². The van der Waals surface area contributed by atoms with Gasteiger partial charge < -0.3 is 14.8 Å². The van der Waals surface area contributed by atoms with Crippen molar-refractivity contribution in [3.05, 3.63) is 0 Å². The molecule has 1 aliphatic rings. The third-order valence-corrected chi connectivity index (χ3v) is 3.52. The Morgan fingerprint density at radius 1 is 1.12 bits per heavy atom. The zero-order chi connectivity index (χ0) is 12.3. The fraction of sp³-hybridized carbons (Fsp3) is 1.00. The second kappa shape index (κ2) is 9.86. The van der Waals surface area contributed by atoms with Gasteiger partial charge in [0.1, 0.15) is 0 Å². The minimum atomic E-state index is 0.421. The zero-order valence-corrected chi connectivity index (χ0v) is 11.5. The molecular weight excluding hydrogens is 214 g/mol. The van der Waals surface area contributed by atoms with Crippen molar-refractivity contribution in [2.24, 2.45) is 0 Å². The van der Waals surface area contributed by atoms with Gasteiger partial charge in [-0.1, -0.05) is 26.2 Å². The second-order valence-corrected chi connectivity index (χ2v) is 4.94. The van der Waals surface area contributed by atoms with Crippen LogP contribution >= 0.6 is 0 Å². The van der Waals surface area contributed by atoms with E-state index in [1.807, 2.05) is 7.11 Å². The van der Waals surface area contributed by atoms with Gasteiger partial charge in [0, 0.05) is 26.4 Å².